The molecule has 0 bridgehead atoms. The molecule has 3 heteroatoms. The van der Waals surface area contributed by atoms with Crippen molar-refractivity contribution in [3.8, 4) is 5.75 Å². The van der Waals surface area contributed by atoms with E-state index in [1.807, 2.05) is 19.1 Å². The summed E-state index contributed by atoms with van der Waals surface area (Å²) >= 11 is 5.81. The average Bonchev–Trinajstić information content (AvgIpc) is 2.28. The van der Waals surface area contributed by atoms with Crippen LogP contribution in [0.1, 0.15) is 49.5 Å². The topological polar surface area (TPSA) is 26.3 Å². The van der Waals surface area contributed by atoms with Gasteiger partial charge in [-0.3, -0.25) is 4.79 Å². The monoisotopic (exact) mass is 254 g/mol. The fourth-order valence-corrected chi connectivity index (χ4v) is 1.80. The summed E-state index contributed by atoms with van der Waals surface area (Å²) in [7, 11) is 0. The zero-order chi connectivity index (χ0) is 13.0. The predicted molar refractivity (Wildman–Crippen MR) is 71.3 cm³/mol. The van der Waals surface area contributed by atoms with Crippen LogP contribution < -0.4 is 4.74 Å². The van der Waals surface area contributed by atoms with Crippen molar-refractivity contribution < 1.29 is 9.53 Å². The van der Waals surface area contributed by atoms with Crippen LogP contribution in [0, 0.1) is 0 Å². The van der Waals surface area contributed by atoms with Crippen molar-refractivity contribution in [2.24, 2.45) is 0 Å². The second kappa shape index (κ2) is 6.06. The van der Waals surface area contributed by atoms with Gasteiger partial charge in [-0.25, -0.2) is 0 Å². The molecular weight excluding hydrogens is 236 g/mol. The third kappa shape index (κ3) is 3.47. The van der Waals surface area contributed by atoms with Crippen LogP contribution in [0.4, 0.5) is 0 Å². The first kappa shape index (κ1) is 14.0. The number of ketones is 1. The number of carbonyl (C=O) groups is 1. The zero-order valence-electron chi connectivity index (χ0n) is 10.8. The lowest BCUT2D eigenvalue weighted by atomic mass is 9.97. The van der Waals surface area contributed by atoms with E-state index in [0.717, 1.165) is 11.3 Å². The van der Waals surface area contributed by atoms with Crippen LogP contribution in [0.5, 0.6) is 5.75 Å². The highest BCUT2D eigenvalue weighted by Crippen LogP contribution is 2.28. The van der Waals surface area contributed by atoms with Gasteiger partial charge in [0.1, 0.15) is 5.75 Å². The molecule has 1 unspecified atom stereocenters. The third-order valence-electron chi connectivity index (χ3n) is 2.58. The number of rotatable bonds is 5. The van der Waals surface area contributed by atoms with Gasteiger partial charge in [0, 0.05) is 5.56 Å². The molecule has 1 aromatic carbocycles. The van der Waals surface area contributed by atoms with E-state index in [9.17, 15) is 4.79 Å². The number of halogens is 1. The molecule has 1 aromatic rings. The normalized spacial score (nSPS) is 12.6. The van der Waals surface area contributed by atoms with Gasteiger partial charge in [-0.1, -0.05) is 13.8 Å². The maximum Gasteiger partial charge on any atom is 0.180 e. The van der Waals surface area contributed by atoms with Gasteiger partial charge in [-0.15, -0.1) is 11.6 Å². The van der Waals surface area contributed by atoms with E-state index in [4.69, 9.17) is 16.3 Å². The Morgan fingerprint density at radius 1 is 1.35 bits per heavy atom. The Labute approximate surface area is 108 Å². The lowest BCUT2D eigenvalue weighted by molar-refractivity contribution is 0.0991. The summed E-state index contributed by atoms with van der Waals surface area (Å²) in [5, 5.41) is -0.493. The summed E-state index contributed by atoms with van der Waals surface area (Å²) in [6, 6.07) is 5.51. The van der Waals surface area contributed by atoms with Crippen molar-refractivity contribution in [1.29, 1.82) is 0 Å². The van der Waals surface area contributed by atoms with Crippen LogP contribution in [0.15, 0.2) is 18.2 Å². The molecular formula is C14H19ClO2. The molecule has 0 radical (unpaired) electrons. The van der Waals surface area contributed by atoms with Crippen molar-refractivity contribution in [2.45, 2.75) is 39.0 Å². The van der Waals surface area contributed by atoms with Crippen LogP contribution in [-0.4, -0.2) is 17.8 Å². The number of alkyl halides is 1. The van der Waals surface area contributed by atoms with Crippen molar-refractivity contribution in [1.82, 2.24) is 0 Å². The Bertz CT molecular complexity index is 397. The molecule has 94 valence electrons. The Morgan fingerprint density at radius 2 is 2.00 bits per heavy atom. The zero-order valence-corrected chi connectivity index (χ0v) is 11.5. The predicted octanol–water partition coefficient (Wildman–Crippen LogP) is 4.02. The lowest BCUT2D eigenvalue weighted by Gasteiger charge is -2.14. The van der Waals surface area contributed by atoms with Gasteiger partial charge in [-0.2, -0.15) is 0 Å². The van der Waals surface area contributed by atoms with Crippen LogP contribution in [0.25, 0.3) is 0 Å². The summed E-state index contributed by atoms with van der Waals surface area (Å²) in [5.41, 5.74) is 1.70. The first-order valence-corrected chi connectivity index (χ1v) is 6.36. The molecule has 0 heterocycles. The van der Waals surface area contributed by atoms with Crippen LogP contribution in [-0.2, 0) is 0 Å². The molecule has 2 nitrogen and oxygen atoms in total. The van der Waals surface area contributed by atoms with E-state index in [-0.39, 0.29) is 5.78 Å². The Balaban J connectivity index is 3.14. The summed E-state index contributed by atoms with van der Waals surface area (Å²) < 4.78 is 5.55. The van der Waals surface area contributed by atoms with Crippen LogP contribution in [0.2, 0.25) is 0 Å². The minimum atomic E-state index is -0.493. The van der Waals surface area contributed by atoms with Gasteiger partial charge in [0.05, 0.1) is 12.0 Å². The van der Waals surface area contributed by atoms with Crippen molar-refractivity contribution in [3.63, 3.8) is 0 Å². The molecule has 0 saturated carbocycles. The van der Waals surface area contributed by atoms with Crippen molar-refractivity contribution >= 4 is 17.4 Å². The number of benzene rings is 1. The molecule has 0 aliphatic heterocycles. The molecule has 0 spiro atoms. The van der Waals surface area contributed by atoms with Gasteiger partial charge in [0.2, 0.25) is 0 Å². The second-order valence-corrected chi connectivity index (χ2v) is 4.98. The minimum absolute atomic E-state index is 0.0448. The fourth-order valence-electron chi connectivity index (χ4n) is 1.67. The van der Waals surface area contributed by atoms with E-state index >= 15 is 0 Å². The highest BCUT2D eigenvalue weighted by molar-refractivity contribution is 6.33. The third-order valence-corrected chi connectivity index (χ3v) is 2.78. The summed E-state index contributed by atoms with van der Waals surface area (Å²) in [6.45, 7) is 8.42. The summed E-state index contributed by atoms with van der Waals surface area (Å²) in [5.74, 6) is 1.12. The summed E-state index contributed by atoms with van der Waals surface area (Å²) in [4.78, 5) is 11.8. The Morgan fingerprint density at radius 3 is 2.47 bits per heavy atom. The number of hydrogen-bond acceptors (Lipinski definition) is 2. The molecule has 1 atom stereocenters. The highest BCUT2D eigenvalue weighted by Gasteiger charge is 2.16. The van der Waals surface area contributed by atoms with Crippen molar-refractivity contribution in [3.05, 3.63) is 29.3 Å². The van der Waals surface area contributed by atoms with Gasteiger partial charge in [0.25, 0.3) is 0 Å². The second-order valence-electron chi connectivity index (χ2n) is 4.32. The minimum Gasteiger partial charge on any atom is -0.494 e. The van der Waals surface area contributed by atoms with Gasteiger partial charge < -0.3 is 4.74 Å². The maximum absolute atomic E-state index is 11.8. The van der Waals surface area contributed by atoms with E-state index < -0.39 is 5.38 Å². The van der Waals surface area contributed by atoms with Crippen LogP contribution >= 0.6 is 11.6 Å². The molecule has 0 amide bonds. The van der Waals surface area contributed by atoms with E-state index in [0.29, 0.717) is 18.1 Å². The Kier molecular flexibility index (Phi) is 5.01. The SMILES string of the molecule is CCOc1ccc(C(=O)C(C)Cl)cc1C(C)C. The van der Waals surface area contributed by atoms with Crippen LogP contribution in [0.3, 0.4) is 0 Å². The highest BCUT2D eigenvalue weighted by atomic mass is 35.5. The molecule has 0 fully saturated rings. The molecule has 0 saturated heterocycles. The molecule has 0 N–H and O–H groups in total. The smallest absolute Gasteiger partial charge is 0.180 e. The molecule has 0 aliphatic rings. The van der Waals surface area contributed by atoms with Gasteiger partial charge in [-0.05, 0) is 43.5 Å². The van der Waals surface area contributed by atoms with E-state index in [2.05, 4.69) is 13.8 Å². The molecule has 1 rings (SSSR count). The number of ether oxygens (including phenoxy) is 1. The summed E-state index contributed by atoms with van der Waals surface area (Å²) in [6.07, 6.45) is 0. The molecule has 0 aromatic heterocycles. The number of hydrogen-bond donors (Lipinski definition) is 0. The van der Waals surface area contributed by atoms with Gasteiger partial charge >= 0.3 is 0 Å². The quantitative estimate of drug-likeness (QED) is 0.586. The van der Waals surface area contributed by atoms with Gasteiger partial charge in [0.15, 0.2) is 5.78 Å². The average molecular weight is 255 g/mol. The van der Waals surface area contributed by atoms with E-state index in [1.54, 1.807) is 13.0 Å². The number of carbonyl (C=O) groups excluding carboxylic acids is 1. The first-order valence-electron chi connectivity index (χ1n) is 5.92. The standard InChI is InChI=1S/C14H19ClO2/c1-5-17-13-7-6-11(14(16)10(4)15)8-12(13)9(2)3/h6-10H,5H2,1-4H3. The lowest BCUT2D eigenvalue weighted by Crippen LogP contribution is -2.11. The molecule has 0 aliphatic carbocycles. The first-order chi connectivity index (χ1) is 7.97. The fraction of sp³-hybridized carbons (Fsp3) is 0.500. The molecule has 17 heavy (non-hydrogen) atoms. The number of Topliss-reactive ketones (excluding diaryl/α,β-unsaturated/α-hetero) is 1. The van der Waals surface area contributed by atoms with Crippen molar-refractivity contribution in [2.75, 3.05) is 6.61 Å². The maximum atomic E-state index is 11.8. The van der Waals surface area contributed by atoms with E-state index in [1.165, 1.54) is 0 Å². The largest absolute Gasteiger partial charge is 0.494 e. The Hall–Kier alpha value is -1.02.